The van der Waals surface area contributed by atoms with Crippen LogP contribution >= 0.6 is 0 Å². The Balaban J connectivity index is 0.00000102. The summed E-state index contributed by atoms with van der Waals surface area (Å²) in [5.41, 5.74) is 2.01. The van der Waals surface area contributed by atoms with Gasteiger partial charge in [0, 0.05) is 12.5 Å². The van der Waals surface area contributed by atoms with E-state index >= 15 is 0 Å². The second-order valence-electron chi connectivity index (χ2n) is 6.85. The average Bonchev–Trinajstić information content (AvgIpc) is 3.37. The Labute approximate surface area is 159 Å². The lowest BCUT2D eigenvalue weighted by molar-refractivity contribution is 0.207. The Bertz CT molecular complexity index is 715. The van der Waals surface area contributed by atoms with Gasteiger partial charge in [0.2, 0.25) is 0 Å². The van der Waals surface area contributed by atoms with Crippen LogP contribution < -0.4 is 5.32 Å². The molecule has 0 spiro atoms. The number of urea groups is 1. The van der Waals surface area contributed by atoms with Crippen LogP contribution in [-0.4, -0.2) is 29.6 Å². The average molecular weight is 372 g/mol. The summed E-state index contributed by atoms with van der Waals surface area (Å²) < 4.78 is 26.5. The molecule has 2 aliphatic rings. The molecule has 1 N–H and O–H groups in total. The normalized spacial score (nSPS) is 20.0. The topological polar surface area (TPSA) is 32.3 Å². The molecule has 1 aliphatic carbocycles. The van der Waals surface area contributed by atoms with Gasteiger partial charge >= 0.3 is 6.03 Å². The van der Waals surface area contributed by atoms with Crippen molar-refractivity contribution >= 4 is 6.03 Å². The van der Waals surface area contributed by atoms with Crippen molar-refractivity contribution in [3.05, 3.63) is 71.3 Å². The maximum absolute atomic E-state index is 13.3. The number of amides is 2. The molecule has 144 valence electrons. The standard InChI is InChI=1S/C20H20F2N2O.C2H6/c21-15-7-3-13(4-8-15)17(14-5-9-16(22)10-6-14)2-1-11-24-19-12-18(19)23-20(24)25;1-2/h3-10,17-19H,1-2,11-12H2,(H,23,25);1-2H3. The molecule has 1 saturated carbocycles. The van der Waals surface area contributed by atoms with Gasteiger partial charge in [0.05, 0.1) is 12.1 Å². The molecule has 5 heteroatoms. The van der Waals surface area contributed by atoms with Gasteiger partial charge < -0.3 is 10.2 Å². The highest BCUT2D eigenvalue weighted by Crippen LogP contribution is 2.35. The molecule has 2 aromatic rings. The molecule has 1 aliphatic heterocycles. The zero-order valence-electron chi connectivity index (χ0n) is 15.8. The number of fused-ring (bicyclic) bond motifs is 1. The lowest BCUT2D eigenvalue weighted by atomic mass is 9.87. The minimum Gasteiger partial charge on any atom is -0.333 e. The van der Waals surface area contributed by atoms with Crippen LogP contribution in [0.2, 0.25) is 0 Å². The van der Waals surface area contributed by atoms with Crippen molar-refractivity contribution in [2.75, 3.05) is 6.54 Å². The molecule has 0 radical (unpaired) electrons. The third-order valence-corrected chi connectivity index (χ3v) is 5.16. The lowest BCUT2D eigenvalue weighted by Crippen LogP contribution is -2.34. The van der Waals surface area contributed by atoms with Gasteiger partial charge in [0.25, 0.3) is 0 Å². The zero-order valence-corrected chi connectivity index (χ0v) is 15.8. The van der Waals surface area contributed by atoms with Gasteiger partial charge in [-0.15, -0.1) is 0 Å². The number of nitrogens with one attached hydrogen (secondary N) is 1. The fourth-order valence-corrected chi connectivity index (χ4v) is 3.72. The van der Waals surface area contributed by atoms with E-state index in [-0.39, 0.29) is 23.6 Å². The van der Waals surface area contributed by atoms with Crippen LogP contribution in [0.25, 0.3) is 0 Å². The summed E-state index contributed by atoms with van der Waals surface area (Å²) in [5.74, 6) is -0.480. The third-order valence-electron chi connectivity index (χ3n) is 5.16. The van der Waals surface area contributed by atoms with Crippen molar-refractivity contribution in [2.45, 2.75) is 51.1 Å². The minimum atomic E-state index is -0.268. The summed E-state index contributed by atoms with van der Waals surface area (Å²) in [4.78, 5) is 13.8. The molecular formula is C22H26F2N2O. The molecule has 2 fully saturated rings. The molecule has 1 heterocycles. The molecule has 0 bridgehead atoms. The lowest BCUT2D eigenvalue weighted by Gasteiger charge is -2.21. The predicted molar refractivity (Wildman–Crippen MR) is 103 cm³/mol. The highest BCUT2D eigenvalue weighted by atomic mass is 19.1. The summed E-state index contributed by atoms with van der Waals surface area (Å²) in [6.45, 7) is 4.71. The summed E-state index contributed by atoms with van der Waals surface area (Å²) >= 11 is 0. The van der Waals surface area contributed by atoms with Crippen LogP contribution in [0.3, 0.4) is 0 Å². The number of carbonyl (C=O) groups is 1. The second kappa shape index (κ2) is 8.51. The predicted octanol–water partition coefficient (Wildman–Crippen LogP) is 5.07. The Morgan fingerprint density at radius 2 is 1.52 bits per heavy atom. The molecule has 27 heavy (non-hydrogen) atoms. The van der Waals surface area contributed by atoms with Crippen LogP contribution in [-0.2, 0) is 0 Å². The molecular weight excluding hydrogens is 346 g/mol. The molecule has 3 nitrogen and oxygen atoms in total. The number of benzene rings is 2. The quantitative estimate of drug-likeness (QED) is 0.754. The van der Waals surface area contributed by atoms with E-state index in [4.69, 9.17) is 0 Å². The first-order chi connectivity index (χ1) is 13.1. The molecule has 1 saturated heterocycles. The van der Waals surface area contributed by atoms with Crippen molar-refractivity contribution in [1.29, 1.82) is 0 Å². The van der Waals surface area contributed by atoms with E-state index in [1.807, 2.05) is 18.7 Å². The summed E-state index contributed by atoms with van der Waals surface area (Å²) in [6, 6.07) is 13.7. The Morgan fingerprint density at radius 1 is 1.00 bits per heavy atom. The summed E-state index contributed by atoms with van der Waals surface area (Å²) in [7, 11) is 0. The first-order valence-corrected chi connectivity index (χ1v) is 9.70. The first kappa shape index (κ1) is 19.3. The van der Waals surface area contributed by atoms with Crippen molar-refractivity contribution in [1.82, 2.24) is 10.2 Å². The van der Waals surface area contributed by atoms with Gasteiger partial charge in [0.15, 0.2) is 0 Å². The maximum atomic E-state index is 13.3. The van der Waals surface area contributed by atoms with E-state index < -0.39 is 0 Å². The first-order valence-electron chi connectivity index (χ1n) is 9.70. The largest absolute Gasteiger partial charge is 0.333 e. The number of hydrogen-bond donors (Lipinski definition) is 1. The fraction of sp³-hybridized carbons (Fsp3) is 0.409. The van der Waals surface area contributed by atoms with Crippen molar-refractivity contribution in [3.63, 3.8) is 0 Å². The number of rotatable bonds is 6. The smallest absolute Gasteiger partial charge is 0.318 e. The van der Waals surface area contributed by atoms with Gasteiger partial charge in [-0.05, 0) is 54.7 Å². The number of carbonyl (C=O) groups excluding carboxylic acids is 1. The van der Waals surface area contributed by atoms with Crippen LogP contribution in [0, 0.1) is 11.6 Å². The van der Waals surface area contributed by atoms with Gasteiger partial charge in [-0.1, -0.05) is 38.1 Å². The van der Waals surface area contributed by atoms with Gasteiger partial charge in [-0.25, -0.2) is 13.6 Å². The fourth-order valence-electron chi connectivity index (χ4n) is 3.72. The SMILES string of the molecule is CC.O=C1NC2CC2N1CCCC(c1ccc(F)cc1)c1ccc(F)cc1. The van der Waals surface area contributed by atoms with E-state index in [1.165, 1.54) is 24.3 Å². The van der Waals surface area contributed by atoms with E-state index in [9.17, 15) is 13.6 Å². The second-order valence-corrected chi connectivity index (χ2v) is 6.85. The highest BCUT2D eigenvalue weighted by Gasteiger charge is 2.50. The Kier molecular flexibility index (Phi) is 6.09. The zero-order chi connectivity index (χ0) is 19.4. The van der Waals surface area contributed by atoms with Crippen LogP contribution in [0.15, 0.2) is 48.5 Å². The van der Waals surface area contributed by atoms with E-state index in [0.29, 0.717) is 18.6 Å². The van der Waals surface area contributed by atoms with Crippen LogP contribution in [0.5, 0.6) is 0 Å². The monoisotopic (exact) mass is 372 g/mol. The minimum absolute atomic E-state index is 0.0290. The number of halogens is 2. The molecule has 2 aromatic carbocycles. The summed E-state index contributed by atoms with van der Waals surface area (Å²) in [6.07, 6.45) is 2.71. The van der Waals surface area contributed by atoms with Gasteiger partial charge in [-0.2, -0.15) is 0 Å². The summed E-state index contributed by atoms with van der Waals surface area (Å²) in [5, 5.41) is 2.96. The van der Waals surface area contributed by atoms with Gasteiger partial charge in [0.1, 0.15) is 11.6 Å². The maximum Gasteiger partial charge on any atom is 0.318 e. The van der Waals surface area contributed by atoms with Crippen molar-refractivity contribution < 1.29 is 13.6 Å². The molecule has 2 unspecified atom stereocenters. The van der Waals surface area contributed by atoms with Crippen molar-refractivity contribution in [2.24, 2.45) is 0 Å². The molecule has 2 atom stereocenters. The molecule has 0 aromatic heterocycles. The van der Waals surface area contributed by atoms with Crippen LogP contribution in [0.4, 0.5) is 13.6 Å². The molecule has 2 amide bonds. The third kappa shape index (κ3) is 4.46. The molecule has 4 rings (SSSR count). The van der Waals surface area contributed by atoms with E-state index in [0.717, 1.165) is 30.4 Å². The van der Waals surface area contributed by atoms with Gasteiger partial charge in [-0.3, -0.25) is 0 Å². The highest BCUT2D eigenvalue weighted by molar-refractivity contribution is 5.79. The van der Waals surface area contributed by atoms with E-state index in [2.05, 4.69) is 5.32 Å². The van der Waals surface area contributed by atoms with Crippen molar-refractivity contribution in [3.8, 4) is 0 Å². The Hall–Kier alpha value is -2.43. The van der Waals surface area contributed by atoms with E-state index in [1.54, 1.807) is 24.3 Å². The number of hydrogen-bond acceptors (Lipinski definition) is 1. The Morgan fingerprint density at radius 3 is 1.96 bits per heavy atom. The van der Waals surface area contributed by atoms with Crippen LogP contribution in [0.1, 0.15) is 50.2 Å². The number of nitrogens with zero attached hydrogens (tertiary/aromatic N) is 1.